The first-order valence-electron chi connectivity index (χ1n) is 9.39. The zero-order valence-corrected chi connectivity index (χ0v) is 17.1. The second-order valence-corrected chi connectivity index (χ2v) is 6.42. The van der Waals surface area contributed by atoms with Gasteiger partial charge in [-0.3, -0.25) is 9.59 Å². The molecule has 0 spiro atoms. The molecule has 0 saturated heterocycles. The van der Waals surface area contributed by atoms with Gasteiger partial charge in [-0.15, -0.1) is 0 Å². The van der Waals surface area contributed by atoms with Crippen LogP contribution in [0.5, 0.6) is 11.5 Å². The van der Waals surface area contributed by atoms with Crippen LogP contribution >= 0.6 is 0 Å². The van der Waals surface area contributed by atoms with Crippen LogP contribution in [-0.2, 0) is 22.4 Å². The molecule has 28 heavy (non-hydrogen) atoms. The molecule has 150 valence electrons. The number of hydrogen-bond donors (Lipinski definition) is 2. The Morgan fingerprint density at radius 1 is 0.929 bits per heavy atom. The first-order valence-corrected chi connectivity index (χ1v) is 9.39. The van der Waals surface area contributed by atoms with Crippen LogP contribution in [0.15, 0.2) is 36.4 Å². The Bertz CT molecular complexity index is 826. The van der Waals surface area contributed by atoms with Crippen LogP contribution in [0.3, 0.4) is 0 Å². The summed E-state index contributed by atoms with van der Waals surface area (Å²) in [5.41, 5.74) is 3.55. The van der Waals surface area contributed by atoms with Crippen LogP contribution in [-0.4, -0.2) is 26.0 Å². The van der Waals surface area contributed by atoms with Crippen molar-refractivity contribution in [3.05, 3.63) is 53.1 Å². The number of nitrogens with one attached hydrogen (secondary N) is 2. The summed E-state index contributed by atoms with van der Waals surface area (Å²) in [5, 5.41) is 5.52. The number of ether oxygens (including phenoxy) is 2. The van der Waals surface area contributed by atoms with Gasteiger partial charge in [0.25, 0.3) is 0 Å². The van der Waals surface area contributed by atoms with E-state index in [0.29, 0.717) is 11.5 Å². The number of aryl methyl sites for hydroxylation is 2. The van der Waals surface area contributed by atoms with Gasteiger partial charge in [-0.2, -0.15) is 0 Å². The normalized spacial score (nSPS) is 11.5. The lowest BCUT2D eigenvalue weighted by atomic mass is 10.0. The van der Waals surface area contributed by atoms with Gasteiger partial charge < -0.3 is 20.1 Å². The summed E-state index contributed by atoms with van der Waals surface area (Å²) in [6, 6.07) is 10.9. The maximum absolute atomic E-state index is 12.5. The summed E-state index contributed by atoms with van der Waals surface area (Å²) < 4.78 is 10.5. The van der Waals surface area contributed by atoms with Crippen molar-refractivity contribution in [2.45, 2.75) is 39.7 Å². The zero-order chi connectivity index (χ0) is 20.7. The minimum absolute atomic E-state index is 0.370. The van der Waals surface area contributed by atoms with E-state index in [9.17, 15) is 9.59 Å². The number of methoxy groups -OCH3 is 2. The lowest BCUT2D eigenvalue weighted by Crippen LogP contribution is -2.37. The highest BCUT2D eigenvalue weighted by Gasteiger charge is 2.20. The molecule has 0 saturated carbocycles. The molecule has 0 aliphatic heterocycles. The fraction of sp³-hybridized carbons (Fsp3) is 0.364. The SMILES string of the molecule is CCc1cccc(CC)c1NC(=O)C(=O)NC(C)c1ccc(OC)c(OC)c1. The van der Waals surface area contributed by atoms with Crippen LogP contribution in [0, 0.1) is 0 Å². The maximum Gasteiger partial charge on any atom is 0.313 e. The molecular formula is C22H28N2O4. The quantitative estimate of drug-likeness (QED) is 0.715. The van der Waals surface area contributed by atoms with E-state index in [0.717, 1.165) is 35.2 Å². The molecule has 6 heteroatoms. The molecule has 1 unspecified atom stereocenters. The molecule has 0 fully saturated rings. The van der Waals surface area contributed by atoms with Gasteiger partial charge in [0.05, 0.1) is 20.3 Å². The number of carbonyl (C=O) groups is 2. The average Bonchev–Trinajstić information content (AvgIpc) is 2.72. The summed E-state index contributed by atoms with van der Waals surface area (Å²) in [6.07, 6.45) is 1.54. The van der Waals surface area contributed by atoms with Crippen molar-refractivity contribution in [1.29, 1.82) is 0 Å². The van der Waals surface area contributed by atoms with Crippen LogP contribution < -0.4 is 20.1 Å². The molecule has 0 aromatic heterocycles. The predicted molar refractivity (Wildman–Crippen MR) is 110 cm³/mol. The Morgan fingerprint density at radius 2 is 1.54 bits per heavy atom. The van der Waals surface area contributed by atoms with E-state index in [1.807, 2.05) is 45.0 Å². The molecule has 0 radical (unpaired) electrons. The van der Waals surface area contributed by atoms with Gasteiger partial charge in [0.1, 0.15) is 0 Å². The monoisotopic (exact) mass is 384 g/mol. The van der Waals surface area contributed by atoms with Crippen LogP contribution in [0.4, 0.5) is 5.69 Å². The van der Waals surface area contributed by atoms with Crippen molar-refractivity contribution in [2.24, 2.45) is 0 Å². The molecule has 0 bridgehead atoms. The number of amides is 2. The fourth-order valence-electron chi connectivity index (χ4n) is 3.04. The van der Waals surface area contributed by atoms with Crippen LogP contribution in [0.2, 0.25) is 0 Å². The van der Waals surface area contributed by atoms with Crippen molar-refractivity contribution >= 4 is 17.5 Å². The minimum Gasteiger partial charge on any atom is -0.493 e. The Balaban J connectivity index is 2.12. The highest BCUT2D eigenvalue weighted by Crippen LogP contribution is 2.30. The molecule has 0 aliphatic carbocycles. The molecule has 2 N–H and O–H groups in total. The lowest BCUT2D eigenvalue weighted by molar-refractivity contribution is -0.136. The Hall–Kier alpha value is -3.02. The number of benzene rings is 2. The summed E-state index contributed by atoms with van der Waals surface area (Å²) in [6.45, 7) is 5.84. The molecule has 0 aliphatic rings. The highest BCUT2D eigenvalue weighted by atomic mass is 16.5. The largest absolute Gasteiger partial charge is 0.493 e. The van der Waals surface area contributed by atoms with E-state index in [1.165, 1.54) is 0 Å². The summed E-state index contributed by atoms with van der Waals surface area (Å²) in [4.78, 5) is 24.9. The first-order chi connectivity index (χ1) is 13.4. The second-order valence-electron chi connectivity index (χ2n) is 6.42. The van der Waals surface area contributed by atoms with Gasteiger partial charge in [0.2, 0.25) is 0 Å². The standard InChI is InChI=1S/C22H28N2O4/c1-6-15-9-8-10-16(7-2)20(15)24-22(26)21(25)23-14(3)17-11-12-18(27-4)19(13-17)28-5/h8-14H,6-7H2,1-5H3,(H,23,25)(H,24,26). The third kappa shape index (κ3) is 4.82. The first kappa shape index (κ1) is 21.3. The molecule has 6 nitrogen and oxygen atoms in total. The molecule has 2 rings (SSSR count). The Kier molecular flexibility index (Phi) is 7.44. The zero-order valence-electron chi connectivity index (χ0n) is 17.1. The third-order valence-corrected chi connectivity index (χ3v) is 4.70. The van der Waals surface area contributed by atoms with Crippen LogP contribution in [0.25, 0.3) is 0 Å². The maximum atomic E-state index is 12.5. The average molecular weight is 384 g/mol. The number of para-hydroxylation sites is 1. The summed E-state index contributed by atoms with van der Waals surface area (Å²) >= 11 is 0. The number of carbonyl (C=O) groups excluding carboxylic acids is 2. The highest BCUT2D eigenvalue weighted by molar-refractivity contribution is 6.39. The minimum atomic E-state index is -0.685. The summed E-state index contributed by atoms with van der Waals surface area (Å²) in [7, 11) is 3.11. The van der Waals surface area contributed by atoms with E-state index in [1.54, 1.807) is 26.4 Å². The van der Waals surface area contributed by atoms with E-state index in [-0.39, 0.29) is 6.04 Å². The second kappa shape index (κ2) is 9.78. The molecule has 1 atom stereocenters. The van der Waals surface area contributed by atoms with Gasteiger partial charge in [0.15, 0.2) is 11.5 Å². The van der Waals surface area contributed by atoms with E-state index >= 15 is 0 Å². The molecular weight excluding hydrogens is 356 g/mol. The van der Waals surface area contributed by atoms with Gasteiger partial charge in [-0.25, -0.2) is 0 Å². The summed E-state index contributed by atoms with van der Waals surface area (Å²) in [5.74, 6) is -0.195. The van der Waals surface area contributed by atoms with E-state index in [4.69, 9.17) is 9.47 Å². The fourth-order valence-corrected chi connectivity index (χ4v) is 3.04. The Morgan fingerprint density at radius 3 is 2.07 bits per heavy atom. The predicted octanol–water partition coefficient (Wildman–Crippen LogP) is 3.64. The topological polar surface area (TPSA) is 76.7 Å². The number of hydrogen-bond acceptors (Lipinski definition) is 4. The third-order valence-electron chi connectivity index (χ3n) is 4.70. The molecule has 2 aromatic carbocycles. The Labute approximate surface area is 166 Å². The van der Waals surface area contributed by atoms with Crippen molar-refractivity contribution in [2.75, 3.05) is 19.5 Å². The smallest absolute Gasteiger partial charge is 0.313 e. The van der Waals surface area contributed by atoms with Crippen molar-refractivity contribution in [3.8, 4) is 11.5 Å². The van der Waals surface area contributed by atoms with E-state index < -0.39 is 11.8 Å². The van der Waals surface area contributed by atoms with Crippen molar-refractivity contribution in [1.82, 2.24) is 5.32 Å². The van der Waals surface area contributed by atoms with E-state index in [2.05, 4.69) is 10.6 Å². The molecule has 2 aromatic rings. The molecule has 2 amide bonds. The van der Waals surface area contributed by atoms with Gasteiger partial charge in [0, 0.05) is 5.69 Å². The van der Waals surface area contributed by atoms with Gasteiger partial charge in [-0.05, 0) is 48.6 Å². The van der Waals surface area contributed by atoms with Crippen LogP contribution in [0.1, 0.15) is 43.5 Å². The number of anilines is 1. The van der Waals surface area contributed by atoms with Gasteiger partial charge >= 0.3 is 11.8 Å². The molecule has 0 heterocycles. The lowest BCUT2D eigenvalue weighted by Gasteiger charge is -2.18. The van der Waals surface area contributed by atoms with Crippen molar-refractivity contribution in [3.63, 3.8) is 0 Å². The van der Waals surface area contributed by atoms with Gasteiger partial charge in [-0.1, -0.05) is 38.1 Å². The van der Waals surface area contributed by atoms with Crippen molar-refractivity contribution < 1.29 is 19.1 Å². The number of rotatable bonds is 7.